The topological polar surface area (TPSA) is 60.8 Å². The van der Waals surface area contributed by atoms with E-state index in [9.17, 15) is 15.0 Å². The molecule has 0 bridgehead atoms. The number of amides is 1. The monoisotopic (exact) mass is 389 g/mol. The van der Waals surface area contributed by atoms with Gasteiger partial charge in [0.15, 0.2) is 0 Å². The van der Waals surface area contributed by atoms with Crippen LogP contribution in [0.5, 0.6) is 0 Å². The molecule has 2 aromatic rings. The average molecular weight is 390 g/mol. The van der Waals surface area contributed by atoms with Crippen molar-refractivity contribution in [3.05, 3.63) is 63.1 Å². The summed E-state index contributed by atoms with van der Waals surface area (Å²) in [4.78, 5) is 14.6. The fourth-order valence-electron chi connectivity index (χ4n) is 3.06. The number of hydrogen-bond acceptors (Lipinski definition) is 3. The summed E-state index contributed by atoms with van der Waals surface area (Å²) >= 11 is 3.43. The number of fused-ring (bicyclic) bond motifs is 1. The molecular weight excluding hydrogens is 370 g/mol. The first kappa shape index (κ1) is 17.1. The Morgan fingerprint density at radius 1 is 1.25 bits per heavy atom. The zero-order valence-corrected chi connectivity index (χ0v) is 15.3. The van der Waals surface area contributed by atoms with Gasteiger partial charge in [0.05, 0.1) is 17.9 Å². The van der Waals surface area contributed by atoms with Crippen LogP contribution in [0.1, 0.15) is 40.9 Å². The average Bonchev–Trinajstić information content (AvgIpc) is 2.54. The van der Waals surface area contributed by atoms with E-state index in [-0.39, 0.29) is 12.5 Å². The lowest BCUT2D eigenvalue weighted by atomic mass is 9.90. The van der Waals surface area contributed by atoms with Crippen LogP contribution >= 0.6 is 15.9 Å². The molecule has 5 heteroatoms. The van der Waals surface area contributed by atoms with Gasteiger partial charge in [-0.15, -0.1) is 0 Å². The number of hydrogen-bond donors (Lipinski definition) is 2. The third-order valence-electron chi connectivity index (χ3n) is 4.44. The SMILES string of the molecule is CC(C)(O)c1ccc2c(c1)CCN(c1cccc(Br)c1CO)C2=O. The maximum atomic E-state index is 12.9. The first-order valence-corrected chi connectivity index (χ1v) is 8.68. The normalized spacial score (nSPS) is 14.7. The van der Waals surface area contributed by atoms with Crippen LogP contribution in [0, 0.1) is 0 Å². The van der Waals surface area contributed by atoms with Crippen molar-refractivity contribution in [3.8, 4) is 0 Å². The lowest BCUT2D eigenvalue weighted by Crippen LogP contribution is -2.38. The Balaban J connectivity index is 2.01. The third kappa shape index (κ3) is 2.99. The van der Waals surface area contributed by atoms with Gasteiger partial charge in [-0.05, 0) is 49.6 Å². The molecule has 0 aliphatic carbocycles. The maximum Gasteiger partial charge on any atom is 0.258 e. The molecule has 3 rings (SSSR count). The van der Waals surface area contributed by atoms with Crippen LogP contribution in [-0.2, 0) is 18.6 Å². The summed E-state index contributed by atoms with van der Waals surface area (Å²) in [5.41, 5.74) is 2.93. The molecule has 0 radical (unpaired) electrons. The van der Waals surface area contributed by atoms with E-state index in [2.05, 4.69) is 15.9 Å². The highest BCUT2D eigenvalue weighted by molar-refractivity contribution is 9.10. The Bertz CT molecular complexity index is 796. The van der Waals surface area contributed by atoms with Crippen LogP contribution in [0.15, 0.2) is 40.9 Å². The van der Waals surface area contributed by atoms with E-state index in [4.69, 9.17) is 0 Å². The molecule has 1 aliphatic heterocycles. The fourth-order valence-corrected chi connectivity index (χ4v) is 3.54. The van der Waals surface area contributed by atoms with Gasteiger partial charge >= 0.3 is 0 Å². The molecule has 0 unspecified atom stereocenters. The van der Waals surface area contributed by atoms with Gasteiger partial charge < -0.3 is 15.1 Å². The molecule has 0 fully saturated rings. The number of aliphatic hydroxyl groups is 2. The standard InChI is InChI=1S/C19H20BrNO3/c1-19(2,24)13-6-7-14-12(10-13)8-9-21(18(14)23)17-5-3-4-16(20)15(17)11-22/h3-7,10,22,24H,8-9,11H2,1-2H3. The molecule has 1 aliphatic rings. The van der Waals surface area contributed by atoms with Crippen molar-refractivity contribution in [2.24, 2.45) is 0 Å². The predicted octanol–water partition coefficient (Wildman–Crippen LogP) is 3.37. The molecule has 1 heterocycles. The minimum Gasteiger partial charge on any atom is -0.392 e. The minimum absolute atomic E-state index is 0.0775. The Morgan fingerprint density at radius 3 is 2.67 bits per heavy atom. The van der Waals surface area contributed by atoms with Gasteiger partial charge in [0.2, 0.25) is 0 Å². The maximum absolute atomic E-state index is 12.9. The minimum atomic E-state index is -0.927. The number of halogens is 1. The lowest BCUT2D eigenvalue weighted by Gasteiger charge is -2.31. The molecule has 0 atom stereocenters. The van der Waals surface area contributed by atoms with Crippen molar-refractivity contribution in [1.82, 2.24) is 0 Å². The molecule has 126 valence electrons. The molecule has 2 N–H and O–H groups in total. The van der Waals surface area contributed by atoms with Gasteiger partial charge in [0.25, 0.3) is 5.91 Å². The van der Waals surface area contributed by atoms with E-state index in [1.807, 2.05) is 24.3 Å². The Morgan fingerprint density at radius 2 is 2.00 bits per heavy atom. The highest BCUT2D eigenvalue weighted by Gasteiger charge is 2.28. The summed E-state index contributed by atoms with van der Waals surface area (Å²) in [5, 5.41) is 19.8. The highest BCUT2D eigenvalue weighted by atomic mass is 79.9. The molecule has 0 spiro atoms. The Hall–Kier alpha value is -1.69. The van der Waals surface area contributed by atoms with Crippen molar-refractivity contribution in [3.63, 3.8) is 0 Å². The first-order chi connectivity index (χ1) is 11.3. The number of carbonyl (C=O) groups is 1. The summed E-state index contributed by atoms with van der Waals surface area (Å²) in [6, 6.07) is 11.1. The van der Waals surface area contributed by atoms with Gasteiger partial charge in [-0.2, -0.15) is 0 Å². The number of carbonyl (C=O) groups excluding carboxylic acids is 1. The Labute approximate surface area is 149 Å². The zero-order valence-electron chi connectivity index (χ0n) is 13.7. The summed E-state index contributed by atoms with van der Waals surface area (Å²) in [5.74, 6) is -0.0775. The van der Waals surface area contributed by atoms with Gasteiger partial charge in [0, 0.05) is 22.1 Å². The number of nitrogens with zero attached hydrogens (tertiary/aromatic N) is 1. The fraction of sp³-hybridized carbons (Fsp3) is 0.316. The van der Waals surface area contributed by atoms with E-state index in [1.165, 1.54) is 0 Å². The zero-order chi connectivity index (χ0) is 17.5. The van der Waals surface area contributed by atoms with E-state index in [1.54, 1.807) is 30.9 Å². The number of aliphatic hydroxyl groups excluding tert-OH is 1. The van der Waals surface area contributed by atoms with E-state index in [0.29, 0.717) is 24.1 Å². The second-order valence-electron chi connectivity index (χ2n) is 6.53. The van der Waals surface area contributed by atoms with Gasteiger partial charge in [0.1, 0.15) is 0 Å². The molecular formula is C19H20BrNO3. The number of rotatable bonds is 3. The highest BCUT2D eigenvalue weighted by Crippen LogP contribution is 2.33. The molecule has 2 aromatic carbocycles. The van der Waals surface area contributed by atoms with Gasteiger partial charge in [-0.1, -0.05) is 34.1 Å². The van der Waals surface area contributed by atoms with Crippen molar-refractivity contribution in [2.75, 3.05) is 11.4 Å². The largest absolute Gasteiger partial charge is 0.392 e. The predicted molar refractivity (Wildman–Crippen MR) is 97.1 cm³/mol. The summed E-state index contributed by atoms with van der Waals surface area (Å²) in [7, 11) is 0. The van der Waals surface area contributed by atoms with Gasteiger partial charge in [-0.3, -0.25) is 4.79 Å². The molecule has 0 aromatic heterocycles. The van der Waals surface area contributed by atoms with Crippen LogP contribution < -0.4 is 4.90 Å². The second kappa shape index (κ2) is 6.31. The van der Waals surface area contributed by atoms with Crippen LogP contribution in [0.25, 0.3) is 0 Å². The van der Waals surface area contributed by atoms with Crippen molar-refractivity contribution >= 4 is 27.5 Å². The summed E-state index contributed by atoms with van der Waals surface area (Å²) in [6.07, 6.45) is 0.711. The van der Waals surface area contributed by atoms with E-state index in [0.717, 1.165) is 21.3 Å². The first-order valence-electron chi connectivity index (χ1n) is 7.89. The summed E-state index contributed by atoms with van der Waals surface area (Å²) in [6.45, 7) is 3.89. The van der Waals surface area contributed by atoms with Crippen LogP contribution in [0.2, 0.25) is 0 Å². The quantitative estimate of drug-likeness (QED) is 0.845. The van der Waals surface area contributed by atoms with Crippen LogP contribution in [0.4, 0.5) is 5.69 Å². The molecule has 4 nitrogen and oxygen atoms in total. The van der Waals surface area contributed by atoms with Crippen LogP contribution in [0.3, 0.4) is 0 Å². The number of benzene rings is 2. The Kier molecular flexibility index (Phi) is 4.51. The van der Waals surface area contributed by atoms with Gasteiger partial charge in [-0.25, -0.2) is 0 Å². The van der Waals surface area contributed by atoms with E-state index >= 15 is 0 Å². The molecule has 0 saturated heterocycles. The third-order valence-corrected chi connectivity index (χ3v) is 5.18. The van der Waals surface area contributed by atoms with Crippen molar-refractivity contribution in [2.45, 2.75) is 32.5 Å². The van der Waals surface area contributed by atoms with Crippen molar-refractivity contribution < 1.29 is 15.0 Å². The smallest absolute Gasteiger partial charge is 0.258 e. The summed E-state index contributed by atoms with van der Waals surface area (Å²) < 4.78 is 0.790. The lowest BCUT2D eigenvalue weighted by molar-refractivity contribution is 0.0783. The number of anilines is 1. The van der Waals surface area contributed by atoms with Crippen molar-refractivity contribution in [1.29, 1.82) is 0 Å². The second-order valence-corrected chi connectivity index (χ2v) is 7.39. The molecule has 24 heavy (non-hydrogen) atoms. The molecule has 0 saturated carbocycles. The van der Waals surface area contributed by atoms with Crippen LogP contribution in [-0.4, -0.2) is 22.7 Å². The van der Waals surface area contributed by atoms with E-state index < -0.39 is 5.60 Å². The molecule has 1 amide bonds.